The Labute approximate surface area is 104 Å². The number of esters is 1. The predicted molar refractivity (Wildman–Crippen MR) is 70.0 cm³/mol. The minimum absolute atomic E-state index is 0.0442. The zero-order chi connectivity index (χ0) is 13.1. The number of benzene rings is 1. The van der Waals surface area contributed by atoms with Gasteiger partial charge in [-0.05, 0) is 17.5 Å². The molecule has 1 aromatic carbocycles. The lowest BCUT2D eigenvalue weighted by atomic mass is 9.70. The number of ether oxygens (including phenoxy) is 1. The first-order chi connectivity index (χ1) is 7.74. The quantitative estimate of drug-likeness (QED) is 0.741. The van der Waals surface area contributed by atoms with Gasteiger partial charge in [0.1, 0.15) is 0 Å². The molecule has 1 rings (SSSR count). The van der Waals surface area contributed by atoms with Gasteiger partial charge in [0.25, 0.3) is 0 Å². The third kappa shape index (κ3) is 3.58. The van der Waals surface area contributed by atoms with Crippen molar-refractivity contribution >= 4 is 5.97 Å². The maximum Gasteiger partial charge on any atom is 0.338 e. The summed E-state index contributed by atoms with van der Waals surface area (Å²) in [7, 11) is 0. The summed E-state index contributed by atoms with van der Waals surface area (Å²) in [6.07, 6.45) is 0. The first kappa shape index (κ1) is 13.8. The molecule has 1 aromatic rings. The molecule has 0 N–H and O–H groups in total. The molecule has 0 heterocycles. The molecule has 2 heteroatoms. The first-order valence-electron chi connectivity index (χ1n) is 5.96. The van der Waals surface area contributed by atoms with Crippen LogP contribution in [-0.2, 0) is 4.74 Å². The topological polar surface area (TPSA) is 26.3 Å². The van der Waals surface area contributed by atoms with E-state index in [1.165, 1.54) is 0 Å². The van der Waals surface area contributed by atoms with Crippen LogP contribution in [0.1, 0.15) is 45.0 Å². The molecule has 0 fully saturated rings. The van der Waals surface area contributed by atoms with E-state index in [-0.39, 0.29) is 16.8 Å². The Hall–Kier alpha value is -1.31. The Bertz CT molecular complexity index is 372. The lowest BCUT2D eigenvalue weighted by molar-refractivity contribution is 0.00577. The van der Waals surface area contributed by atoms with Gasteiger partial charge in [0.2, 0.25) is 0 Å². The van der Waals surface area contributed by atoms with Crippen molar-refractivity contribution in [2.45, 2.75) is 34.6 Å². The fraction of sp³-hybridized carbons (Fsp3) is 0.533. The van der Waals surface area contributed by atoms with Crippen LogP contribution in [-0.4, -0.2) is 12.6 Å². The zero-order valence-electron chi connectivity index (χ0n) is 11.4. The molecule has 17 heavy (non-hydrogen) atoms. The molecule has 0 aliphatic carbocycles. The molecule has 0 spiro atoms. The normalized spacial score (nSPS) is 12.3. The molecule has 0 amide bonds. The van der Waals surface area contributed by atoms with Crippen LogP contribution in [0.5, 0.6) is 0 Å². The van der Waals surface area contributed by atoms with Crippen LogP contribution in [0.25, 0.3) is 0 Å². The standard InChI is InChI=1S/C15H22O2/c1-14(2,3)15(4,5)11-17-13(16)12-9-7-6-8-10-12/h6-10H,11H2,1-5H3. The largest absolute Gasteiger partial charge is 0.462 e. The van der Waals surface area contributed by atoms with E-state index >= 15 is 0 Å². The van der Waals surface area contributed by atoms with Crippen LogP contribution in [0.15, 0.2) is 30.3 Å². The molecular formula is C15H22O2. The van der Waals surface area contributed by atoms with E-state index in [4.69, 9.17) is 4.74 Å². The summed E-state index contributed by atoms with van der Waals surface area (Å²) in [5.74, 6) is -0.247. The fourth-order valence-corrected chi connectivity index (χ4v) is 1.12. The number of carbonyl (C=O) groups excluding carboxylic acids is 1. The van der Waals surface area contributed by atoms with E-state index < -0.39 is 0 Å². The van der Waals surface area contributed by atoms with Gasteiger partial charge in [-0.15, -0.1) is 0 Å². The SMILES string of the molecule is CC(C)(C)C(C)(C)COC(=O)c1ccccc1. The van der Waals surface area contributed by atoms with Gasteiger partial charge in [-0.3, -0.25) is 0 Å². The van der Waals surface area contributed by atoms with E-state index in [0.29, 0.717) is 12.2 Å². The molecule has 0 radical (unpaired) electrons. The van der Waals surface area contributed by atoms with Crippen molar-refractivity contribution < 1.29 is 9.53 Å². The number of rotatable bonds is 3. The van der Waals surface area contributed by atoms with Crippen molar-refractivity contribution in [2.75, 3.05) is 6.61 Å². The average Bonchev–Trinajstić information content (AvgIpc) is 2.25. The van der Waals surface area contributed by atoms with E-state index in [9.17, 15) is 4.79 Å². The van der Waals surface area contributed by atoms with E-state index in [1.807, 2.05) is 18.2 Å². The third-order valence-corrected chi connectivity index (χ3v) is 3.60. The fourth-order valence-electron chi connectivity index (χ4n) is 1.12. The smallest absolute Gasteiger partial charge is 0.338 e. The summed E-state index contributed by atoms with van der Waals surface area (Å²) < 4.78 is 5.38. The van der Waals surface area contributed by atoms with Gasteiger partial charge in [-0.1, -0.05) is 52.8 Å². The molecule has 0 bridgehead atoms. The van der Waals surface area contributed by atoms with Crippen molar-refractivity contribution in [3.05, 3.63) is 35.9 Å². The molecule has 0 saturated heterocycles. The Morgan fingerprint density at radius 3 is 2.06 bits per heavy atom. The summed E-state index contributed by atoms with van der Waals surface area (Å²) in [5.41, 5.74) is 0.665. The highest BCUT2D eigenvalue weighted by Crippen LogP contribution is 2.37. The minimum Gasteiger partial charge on any atom is -0.462 e. The molecule has 0 aliphatic heterocycles. The number of hydrogen-bond acceptors (Lipinski definition) is 2. The summed E-state index contributed by atoms with van der Waals surface area (Å²) in [6, 6.07) is 9.10. The minimum atomic E-state index is -0.247. The second-order valence-corrected chi connectivity index (χ2v) is 6.08. The van der Waals surface area contributed by atoms with Gasteiger partial charge in [0.15, 0.2) is 0 Å². The summed E-state index contributed by atoms with van der Waals surface area (Å²) in [4.78, 5) is 11.8. The highest BCUT2D eigenvalue weighted by atomic mass is 16.5. The molecule has 2 nitrogen and oxygen atoms in total. The first-order valence-corrected chi connectivity index (χ1v) is 5.96. The average molecular weight is 234 g/mol. The maximum absolute atomic E-state index is 11.8. The molecule has 0 saturated carbocycles. The zero-order valence-corrected chi connectivity index (χ0v) is 11.4. The van der Waals surface area contributed by atoms with Gasteiger partial charge in [-0.25, -0.2) is 4.79 Å². The van der Waals surface area contributed by atoms with Crippen molar-refractivity contribution in [1.29, 1.82) is 0 Å². The van der Waals surface area contributed by atoms with E-state index in [1.54, 1.807) is 12.1 Å². The Kier molecular flexibility index (Phi) is 3.97. The van der Waals surface area contributed by atoms with Gasteiger partial charge in [-0.2, -0.15) is 0 Å². The molecule has 0 aliphatic rings. The number of carbonyl (C=O) groups is 1. The highest BCUT2D eigenvalue weighted by molar-refractivity contribution is 5.89. The molecule has 0 aromatic heterocycles. The molecule has 0 atom stereocenters. The third-order valence-electron chi connectivity index (χ3n) is 3.60. The Morgan fingerprint density at radius 1 is 1.06 bits per heavy atom. The highest BCUT2D eigenvalue weighted by Gasteiger charge is 2.34. The maximum atomic E-state index is 11.8. The van der Waals surface area contributed by atoms with Crippen LogP contribution < -0.4 is 0 Å². The van der Waals surface area contributed by atoms with Crippen molar-refractivity contribution in [2.24, 2.45) is 10.8 Å². The Balaban J connectivity index is 2.61. The lowest BCUT2D eigenvalue weighted by Gasteiger charge is -2.38. The van der Waals surface area contributed by atoms with Gasteiger partial charge in [0, 0.05) is 5.41 Å². The van der Waals surface area contributed by atoms with Crippen molar-refractivity contribution in [3.63, 3.8) is 0 Å². The molecule has 94 valence electrons. The van der Waals surface area contributed by atoms with Crippen molar-refractivity contribution in [1.82, 2.24) is 0 Å². The second kappa shape index (κ2) is 4.91. The molecular weight excluding hydrogens is 212 g/mol. The van der Waals surface area contributed by atoms with Crippen LogP contribution >= 0.6 is 0 Å². The monoisotopic (exact) mass is 234 g/mol. The van der Waals surface area contributed by atoms with Crippen LogP contribution in [0.2, 0.25) is 0 Å². The summed E-state index contributed by atoms with van der Waals surface area (Å²) in [5, 5.41) is 0. The Morgan fingerprint density at radius 2 is 1.59 bits per heavy atom. The van der Waals surface area contributed by atoms with Crippen molar-refractivity contribution in [3.8, 4) is 0 Å². The second-order valence-electron chi connectivity index (χ2n) is 6.08. The number of hydrogen-bond donors (Lipinski definition) is 0. The van der Waals surface area contributed by atoms with Gasteiger partial charge in [0.05, 0.1) is 12.2 Å². The van der Waals surface area contributed by atoms with Crippen LogP contribution in [0.3, 0.4) is 0 Å². The summed E-state index contributed by atoms with van der Waals surface area (Å²) >= 11 is 0. The van der Waals surface area contributed by atoms with Crippen LogP contribution in [0.4, 0.5) is 0 Å². The molecule has 0 unspecified atom stereocenters. The van der Waals surface area contributed by atoms with Gasteiger partial charge < -0.3 is 4.74 Å². The van der Waals surface area contributed by atoms with E-state index in [2.05, 4.69) is 34.6 Å². The lowest BCUT2D eigenvalue weighted by Crippen LogP contribution is -2.35. The van der Waals surface area contributed by atoms with Gasteiger partial charge >= 0.3 is 5.97 Å². The summed E-state index contributed by atoms with van der Waals surface area (Å²) in [6.45, 7) is 11.1. The van der Waals surface area contributed by atoms with Crippen LogP contribution in [0, 0.1) is 10.8 Å². The van der Waals surface area contributed by atoms with E-state index in [0.717, 1.165) is 0 Å². The predicted octanol–water partition coefficient (Wildman–Crippen LogP) is 3.92.